The van der Waals surface area contributed by atoms with Crippen LogP contribution < -0.4 is 18.9 Å². The molecule has 7 nitrogen and oxygen atoms in total. The van der Waals surface area contributed by atoms with Gasteiger partial charge in [-0.15, -0.1) is 0 Å². The third-order valence-electron chi connectivity index (χ3n) is 4.35. The summed E-state index contributed by atoms with van der Waals surface area (Å²) >= 11 is 3.42. The van der Waals surface area contributed by atoms with Crippen molar-refractivity contribution in [2.75, 3.05) is 14.2 Å². The number of methoxy groups -OCH3 is 2. The molecule has 8 heteroatoms. The molecule has 0 radical (unpaired) electrons. The molecule has 1 N–H and O–H groups in total. The van der Waals surface area contributed by atoms with Gasteiger partial charge < -0.3 is 18.9 Å². The molecule has 0 saturated carbocycles. The average molecular weight is 475 g/mol. The molecule has 0 saturated heterocycles. The first-order chi connectivity index (χ1) is 14.5. The van der Waals surface area contributed by atoms with Crippen molar-refractivity contribution in [1.82, 2.24) is 0 Å². The van der Waals surface area contributed by atoms with Gasteiger partial charge in [0, 0.05) is 33.8 Å². The molecular weight excluding hydrogens is 454 g/mol. The first-order valence-corrected chi connectivity index (χ1v) is 9.80. The normalized spacial score (nSPS) is 10.4. The van der Waals surface area contributed by atoms with Gasteiger partial charge in [0.1, 0.15) is 36.2 Å². The monoisotopic (exact) mass is 474 g/mol. The fourth-order valence-corrected chi connectivity index (χ4v) is 3.10. The summed E-state index contributed by atoms with van der Waals surface area (Å²) in [6.07, 6.45) is 0. The third-order valence-corrected chi connectivity index (χ3v) is 4.85. The Morgan fingerprint density at radius 2 is 1.33 bits per heavy atom. The molecule has 3 rings (SSSR count). The summed E-state index contributed by atoms with van der Waals surface area (Å²) in [5.41, 5.74) is 1.89. The Labute approximate surface area is 182 Å². The fraction of sp³-hybridized carbons (Fsp3) is 0.182. The van der Waals surface area contributed by atoms with Crippen LogP contribution in [-0.4, -0.2) is 24.4 Å². The fourth-order valence-electron chi connectivity index (χ4n) is 2.76. The lowest BCUT2D eigenvalue weighted by atomic mass is 10.2. The zero-order valence-electron chi connectivity index (χ0n) is 16.5. The Morgan fingerprint density at radius 3 is 1.93 bits per heavy atom. The molecule has 3 aromatic rings. The molecule has 0 bridgehead atoms. The molecular formula is C22H21BrNO6+. The Balaban J connectivity index is 1.65. The Kier molecular flexibility index (Phi) is 7.13. The van der Waals surface area contributed by atoms with E-state index < -0.39 is 0 Å². The molecule has 0 aliphatic heterocycles. The molecule has 156 valence electrons. The molecule has 0 aromatic heterocycles. The summed E-state index contributed by atoms with van der Waals surface area (Å²) in [7, 11) is 3.20. The van der Waals surface area contributed by atoms with Gasteiger partial charge in [-0.05, 0) is 36.4 Å². The lowest BCUT2D eigenvalue weighted by Gasteiger charge is -2.14. The van der Waals surface area contributed by atoms with E-state index in [0.29, 0.717) is 23.9 Å². The van der Waals surface area contributed by atoms with Crippen LogP contribution in [0.5, 0.6) is 23.0 Å². The van der Waals surface area contributed by atoms with E-state index in [-0.39, 0.29) is 17.2 Å². The maximum Gasteiger partial charge on any atom is 0.316 e. The van der Waals surface area contributed by atoms with Crippen molar-refractivity contribution in [3.05, 3.63) is 81.2 Å². The number of nitrogens with zero attached hydrogens (tertiary/aromatic N) is 1. The van der Waals surface area contributed by atoms with E-state index >= 15 is 0 Å². The van der Waals surface area contributed by atoms with Crippen LogP contribution in [0.25, 0.3) is 0 Å². The van der Waals surface area contributed by atoms with E-state index in [1.165, 1.54) is 12.1 Å². The van der Waals surface area contributed by atoms with Crippen molar-refractivity contribution < 1.29 is 29.1 Å². The van der Waals surface area contributed by atoms with Crippen LogP contribution in [0.1, 0.15) is 11.1 Å². The molecule has 0 aliphatic carbocycles. The number of hydrogen-bond donors (Lipinski definition) is 1. The largest absolute Gasteiger partial charge is 0.496 e. The summed E-state index contributed by atoms with van der Waals surface area (Å²) < 4.78 is 23.4. The predicted octanol–water partition coefficient (Wildman–Crippen LogP) is 5.42. The minimum absolute atomic E-state index is 0.129. The lowest BCUT2D eigenvalue weighted by Crippen LogP contribution is -2.02. The van der Waals surface area contributed by atoms with Gasteiger partial charge in [0.25, 0.3) is 4.92 Å². The lowest BCUT2D eigenvalue weighted by molar-refractivity contribution is -0.729. The van der Waals surface area contributed by atoms with Crippen molar-refractivity contribution in [1.29, 1.82) is 0 Å². The van der Waals surface area contributed by atoms with Crippen molar-refractivity contribution in [2.24, 2.45) is 0 Å². The minimum atomic E-state index is -0.199. The second-order valence-corrected chi connectivity index (χ2v) is 7.19. The topological polar surface area (TPSA) is 77.2 Å². The van der Waals surface area contributed by atoms with Crippen LogP contribution in [0.3, 0.4) is 0 Å². The van der Waals surface area contributed by atoms with Gasteiger partial charge in [-0.25, -0.2) is 5.21 Å². The maximum atomic E-state index is 10.8. The van der Waals surface area contributed by atoms with Gasteiger partial charge in [0.05, 0.1) is 19.1 Å². The number of hydrogen-bond acceptors (Lipinski definition) is 5. The van der Waals surface area contributed by atoms with Gasteiger partial charge in [-0.3, -0.25) is 0 Å². The van der Waals surface area contributed by atoms with Gasteiger partial charge in [-0.2, -0.15) is 0 Å². The summed E-state index contributed by atoms with van der Waals surface area (Å²) in [5, 5.41) is 8.87. The van der Waals surface area contributed by atoms with E-state index in [0.717, 1.165) is 21.3 Å². The van der Waals surface area contributed by atoms with Gasteiger partial charge in [0.15, 0.2) is 0 Å². The van der Waals surface area contributed by atoms with Crippen molar-refractivity contribution in [3.8, 4) is 23.0 Å². The molecule has 30 heavy (non-hydrogen) atoms. The second kappa shape index (κ2) is 9.98. The SMILES string of the molecule is COc1cc(Br)ccc1COc1ccc(COc2ccc([N+](=O)O)cc2)c(OC)c1. The van der Waals surface area contributed by atoms with E-state index in [1.807, 2.05) is 30.3 Å². The summed E-state index contributed by atoms with van der Waals surface area (Å²) in [6, 6.07) is 17.4. The van der Waals surface area contributed by atoms with Crippen LogP contribution in [0.15, 0.2) is 65.1 Å². The van der Waals surface area contributed by atoms with Gasteiger partial charge in [-0.1, -0.05) is 22.0 Å². The highest BCUT2D eigenvalue weighted by Crippen LogP contribution is 2.29. The predicted molar refractivity (Wildman–Crippen MR) is 114 cm³/mol. The highest BCUT2D eigenvalue weighted by molar-refractivity contribution is 9.10. The standard InChI is InChI=1S/C22H21BrNO6/c1-27-21-11-17(23)5-3-15(21)14-30-20-8-4-16(22(12-20)28-2)13-29-19-9-6-18(7-10-19)24(25)26/h3-12H,13-14H2,1-2H3,(H,25,26)/q+1. The average Bonchev–Trinajstić information content (AvgIpc) is 2.77. The Morgan fingerprint density at radius 1 is 0.800 bits per heavy atom. The summed E-state index contributed by atoms with van der Waals surface area (Å²) in [5.74, 6) is 2.59. The van der Waals surface area contributed by atoms with Crippen LogP contribution >= 0.6 is 15.9 Å². The van der Waals surface area contributed by atoms with E-state index in [4.69, 9.17) is 24.2 Å². The number of benzene rings is 3. The van der Waals surface area contributed by atoms with E-state index in [2.05, 4.69) is 15.9 Å². The van der Waals surface area contributed by atoms with Crippen molar-refractivity contribution in [2.45, 2.75) is 13.2 Å². The summed E-state index contributed by atoms with van der Waals surface area (Å²) in [6.45, 7) is 0.618. The molecule has 0 fully saturated rings. The Hall–Kier alpha value is -3.26. The zero-order chi connectivity index (χ0) is 21.5. The van der Waals surface area contributed by atoms with Crippen LogP contribution in [-0.2, 0) is 13.2 Å². The Bertz CT molecular complexity index is 1020. The molecule has 0 heterocycles. The number of ether oxygens (including phenoxy) is 4. The zero-order valence-corrected chi connectivity index (χ0v) is 18.1. The molecule has 0 aliphatic rings. The smallest absolute Gasteiger partial charge is 0.316 e. The van der Waals surface area contributed by atoms with Crippen LogP contribution in [0.2, 0.25) is 0 Å². The number of rotatable bonds is 9. The quantitative estimate of drug-likeness (QED) is 0.417. The minimum Gasteiger partial charge on any atom is -0.496 e. The summed E-state index contributed by atoms with van der Waals surface area (Å²) in [4.78, 5) is 10.6. The number of halogens is 1. The molecule has 3 aromatic carbocycles. The van der Waals surface area contributed by atoms with E-state index in [9.17, 15) is 4.91 Å². The maximum absolute atomic E-state index is 10.8. The van der Waals surface area contributed by atoms with Crippen LogP contribution in [0.4, 0.5) is 5.69 Å². The molecule has 0 unspecified atom stereocenters. The first kappa shape index (κ1) is 21.4. The second-order valence-electron chi connectivity index (χ2n) is 6.27. The first-order valence-electron chi connectivity index (χ1n) is 9.01. The van der Waals surface area contributed by atoms with Gasteiger partial charge >= 0.3 is 5.69 Å². The van der Waals surface area contributed by atoms with Gasteiger partial charge in [0.2, 0.25) is 0 Å². The molecule has 0 atom stereocenters. The van der Waals surface area contributed by atoms with Crippen molar-refractivity contribution in [3.63, 3.8) is 0 Å². The highest BCUT2D eigenvalue weighted by atomic mass is 79.9. The highest BCUT2D eigenvalue weighted by Gasteiger charge is 2.12. The third kappa shape index (κ3) is 5.42. The van der Waals surface area contributed by atoms with E-state index in [1.54, 1.807) is 32.4 Å². The molecule has 0 amide bonds. The van der Waals surface area contributed by atoms with Crippen molar-refractivity contribution >= 4 is 21.6 Å². The molecule has 0 spiro atoms. The van der Waals surface area contributed by atoms with Crippen LogP contribution in [0, 0.1) is 4.91 Å².